The lowest BCUT2D eigenvalue weighted by Gasteiger charge is -2.38. The number of piperidine rings is 1. The van der Waals surface area contributed by atoms with Gasteiger partial charge in [0.15, 0.2) is 0 Å². The maximum Gasteiger partial charge on any atom is 0.138 e. The van der Waals surface area contributed by atoms with Crippen LogP contribution >= 0.6 is 23.1 Å². The predicted octanol–water partition coefficient (Wildman–Crippen LogP) is 2.95. The van der Waals surface area contributed by atoms with Crippen LogP contribution in [0, 0.1) is 0 Å². The molecule has 1 aliphatic rings. The second-order valence-electron chi connectivity index (χ2n) is 4.29. The molecule has 2 heterocycles. The van der Waals surface area contributed by atoms with Crippen molar-refractivity contribution in [1.29, 1.82) is 0 Å². The summed E-state index contributed by atoms with van der Waals surface area (Å²) in [6, 6.07) is 1.26. The van der Waals surface area contributed by atoms with Gasteiger partial charge in [0.05, 0.1) is 0 Å². The Morgan fingerprint density at radius 3 is 2.60 bits per heavy atom. The summed E-state index contributed by atoms with van der Waals surface area (Å²) in [7, 11) is 0. The Bertz CT molecular complexity index is 318. The van der Waals surface area contributed by atoms with Crippen LogP contribution in [0.4, 0.5) is 0 Å². The van der Waals surface area contributed by atoms with E-state index in [9.17, 15) is 0 Å². The van der Waals surface area contributed by atoms with E-state index in [4.69, 9.17) is 11.6 Å². The van der Waals surface area contributed by atoms with E-state index in [2.05, 4.69) is 28.3 Å². The molecule has 0 spiro atoms. The van der Waals surface area contributed by atoms with Gasteiger partial charge in [0.25, 0.3) is 0 Å². The van der Waals surface area contributed by atoms with Gasteiger partial charge in [-0.25, -0.2) is 0 Å². The maximum absolute atomic E-state index is 6.02. The zero-order valence-electron chi connectivity index (χ0n) is 9.11. The molecule has 0 bridgehead atoms. The summed E-state index contributed by atoms with van der Waals surface area (Å²) in [5.41, 5.74) is 0.933. The summed E-state index contributed by atoms with van der Waals surface area (Å²) in [5, 5.41) is 4.07. The summed E-state index contributed by atoms with van der Waals surface area (Å²) in [6.45, 7) is 5.41. The quantitative estimate of drug-likeness (QED) is 0.802. The van der Waals surface area contributed by atoms with Gasteiger partial charge in [-0.15, -0.1) is 5.10 Å². The first-order chi connectivity index (χ1) is 7.18. The summed E-state index contributed by atoms with van der Waals surface area (Å²) in [4.78, 5) is 2.48. The zero-order chi connectivity index (χ0) is 10.8. The molecule has 0 saturated carbocycles. The van der Waals surface area contributed by atoms with Crippen LogP contribution in [-0.2, 0) is 6.54 Å². The van der Waals surface area contributed by atoms with Crippen LogP contribution in [0.5, 0.6) is 0 Å². The molecule has 2 rings (SSSR count). The third kappa shape index (κ3) is 2.49. The van der Waals surface area contributed by atoms with Crippen molar-refractivity contribution in [3.8, 4) is 0 Å². The van der Waals surface area contributed by atoms with Crippen molar-refractivity contribution in [3.05, 3.63) is 10.0 Å². The molecule has 0 unspecified atom stereocenters. The number of rotatable bonds is 2. The average molecular weight is 246 g/mol. The van der Waals surface area contributed by atoms with E-state index in [1.807, 2.05) is 0 Å². The first-order valence-electron chi connectivity index (χ1n) is 5.41. The van der Waals surface area contributed by atoms with Gasteiger partial charge in [0.2, 0.25) is 0 Å². The number of hydrogen-bond donors (Lipinski definition) is 0. The number of likely N-dealkylation sites (tertiary alicyclic amines) is 1. The summed E-state index contributed by atoms with van der Waals surface area (Å²) >= 11 is 7.29. The van der Waals surface area contributed by atoms with Crippen LogP contribution < -0.4 is 0 Å². The Hall–Kier alpha value is -0.190. The van der Waals surface area contributed by atoms with E-state index < -0.39 is 0 Å². The molecule has 2 atom stereocenters. The summed E-state index contributed by atoms with van der Waals surface area (Å²) in [5.74, 6) is 0. The Morgan fingerprint density at radius 1 is 1.40 bits per heavy atom. The minimum Gasteiger partial charge on any atom is -0.292 e. The van der Waals surface area contributed by atoms with Gasteiger partial charge >= 0.3 is 0 Å². The smallest absolute Gasteiger partial charge is 0.138 e. The van der Waals surface area contributed by atoms with Gasteiger partial charge in [-0.1, -0.05) is 22.5 Å². The molecule has 15 heavy (non-hydrogen) atoms. The number of nitrogens with zero attached hydrogens (tertiary/aromatic N) is 3. The zero-order valence-corrected chi connectivity index (χ0v) is 10.7. The van der Waals surface area contributed by atoms with Crippen molar-refractivity contribution in [1.82, 2.24) is 14.5 Å². The molecular formula is C10H16ClN3S. The standard InChI is InChI=1S/C10H16ClN3S/c1-7-4-3-5-8(2)14(7)6-9-10(11)15-13-12-9/h7-8H,3-6H2,1-2H3/t7-,8+. The minimum absolute atomic E-state index is 0.631. The van der Waals surface area contributed by atoms with E-state index in [-0.39, 0.29) is 0 Å². The largest absolute Gasteiger partial charge is 0.292 e. The van der Waals surface area contributed by atoms with E-state index in [1.54, 1.807) is 0 Å². The predicted molar refractivity (Wildman–Crippen MR) is 63.2 cm³/mol. The Labute approximate surface area is 99.6 Å². The van der Waals surface area contributed by atoms with Crippen LogP contribution in [0.2, 0.25) is 4.34 Å². The highest BCUT2D eigenvalue weighted by atomic mass is 35.5. The molecule has 0 aromatic carbocycles. The molecule has 1 saturated heterocycles. The van der Waals surface area contributed by atoms with E-state index in [1.165, 1.54) is 30.8 Å². The third-order valence-corrected chi connectivity index (χ3v) is 4.20. The SMILES string of the molecule is C[C@@H]1CCC[C@H](C)N1Cc1nnsc1Cl. The van der Waals surface area contributed by atoms with Gasteiger partial charge in [0, 0.05) is 30.2 Å². The highest BCUT2D eigenvalue weighted by molar-refractivity contribution is 7.10. The fourth-order valence-electron chi connectivity index (χ4n) is 2.25. The van der Waals surface area contributed by atoms with E-state index in [0.717, 1.165) is 16.6 Å². The molecule has 84 valence electrons. The molecule has 0 N–H and O–H groups in total. The lowest BCUT2D eigenvalue weighted by atomic mass is 9.97. The van der Waals surface area contributed by atoms with E-state index in [0.29, 0.717) is 12.1 Å². The van der Waals surface area contributed by atoms with Gasteiger partial charge in [-0.05, 0) is 26.7 Å². The lowest BCUT2D eigenvalue weighted by molar-refractivity contribution is 0.0938. The summed E-state index contributed by atoms with van der Waals surface area (Å²) < 4.78 is 4.61. The van der Waals surface area contributed by atoms with Crippen molar-refractivity contribution in [2.45, 2.75) is 51.7 Å². The van der Waals surface area contributed by atoms with Crippen LogP contribution in [0.25, 0.3) is 0 Å². The molecular weight excluding hydrogens is 230 g/mol. The fraction of sp³-hybridized carbons (Fsp3) is 0.800. The van der Waals surface area contributed by atoms with Crippen LogP contribution in [0.15, 0.2) is 0 Å². The number of aromatic nitrogens is 2. The number of halogens is 1. The molecule has 3 nitrogen and oxygen atoms in total. The van der Waals surface area contributed by atoms with E-state index >= 15 is 0 Å². The lowest BCUT2D eigenvalue weighted by Crippen LogP contribution is -2.43. The van der Waals surface area contributed by atoms with Crippen molar-refractivity contribution in [3.63, 3.8) is 0 Å². The van der Waals surface area contributed by atoms with Gasteiger partial charge in [-0.2, -0.15) is 0 Å². The monoisotopic (exact) mass is 245 g/mol. The number of hydrogen-bond acceptors (Lipinski definition) is 4. The highest BCUT2D eigenvalue weighted by Gasteiger charge is 2.25. The summed E-state index contributed by atoms with van der Waals surface area (Å²) in [6.07, 6.45) is 3.89. The maximum atomic E-state index is 6.02. The van der Waals surface area contributed by atoms with Gasteiger partial charge in [-0.3, -0.25) is 4.90 Å². The molecule has 0 aliphatic carbocycles. The van der Waals surface area contributed by atoms with Crippen molar-refractivity contribution in [2.75, 3.05) is 0 Å². The first-order valence-corrected chi connectivity index (χ1v) is 6.56. The molecule has 1 aromatic heterocycles. The second-order valence-corrected chi connectivity index (χ2v) is 5.65. The van der Waals surface area contributed by atoms with Crippen molar-refractivity contribution >= 4 is 23.1 Å². The molecule has 1 aromatic rings. The molecule has 5 heteroatoms. The first kappa shape index (κ1) is 11.3. The Kier molecular flexibility index (Phi) is 3.59. The molecule has 1 aliphatic heterocycles. The molecule has 0 amide bonds. The normalized spacial score (nSPS) is 28.2. The third-order valence-electron chi connectivity index (χ3n) is 3.22. The minimum atomic E-state index is 0.631. The van der Waals surface area contributed by atoms with Crippen LogP contribution in [-0.4, -0.2) is 26.6 Å². The Morgan fingerprint density at radius 2 is 2.07 bits per heavy atom. The van der Waals surface area contributed by atoms with Crippen LogP contribution in [0.1, 0.15) is 38.8 Å². The molecule has 1 fully saturated rings. The van der Waals surface area contributed by atoms with Crippen molar-refractivity contribution < 1.29 is 0 Å². The Balaban J connectivity index is 2.06. The van der Waals surface area contributed by atoms with Gasteiger partial charge < -0.3 is 0 Å². The topological polar surface area (TPSA) is 29.0 Å². The second kappa shape index (κ2) is 4.76. The highest BCUT2D eigenvalue weighted by Crippen LogP contribution is 2.26. The average Bonchev–Trinajstić information content (AvgIpc) is 2.58. The van der Waals surface area contributed by atoms with Crippen LogP contribution in [0.3, 0.4) is 0 Å². The fourth-order valence-corrected chi connectivity index (χ4v) is 2.86. The molecule has 0 radical (unpaired) electrons. The van der Waals surface area contributed by atoms with Gasteiger partial charge in [0.1, 0.15) is 10.0 Å². The van der Waals surface area contributed by atoms with Crippen molar-refractivity contribution in [2.24, 2.45) is 0 Å².